The highest BCUT2D eigenvalue weighted by atomic mass is 16.3. The first-order valence-electron chi connectivity index (χ1n) is 27.6. The van der Waals surface area contributed by atoms with Gasteiger partial charge >= 0.3 is 0 Å². The Morgan fingerprint density at radius 1 is 0.393 bits per heavy atom. The SMILES string of the molecule is CCCCCCCCCCCCC/C=C/CCCC(O)C(O)C(CO)NC(=O)C(O)CCCCCCCCCCCCCCCCCCCCCCCCCCCCCCC. The highest BCUT2D eigenvalue weighted by Crippen LogP contribution is 2.18. The molecule has 1 amide bonds. The zero-order valence-electron chi connectivity index (χ0n) is 41.2. The van der Waals surface area contributed by atoms with E-state index >= 15 is 0 Å². The van der Waals surface area contributed by atoms with Crippen molar-refractivity contribution in [2.45, 2.75) is 327 Å². The van der Waals surface area contributed by atoms with Gasteiger partial charge in [0.1, 0.15) is 12.2 Å². The van der Waals surface area contributed by atoms with E-state index < -0.39 is 36.9 Å². The molecule has 4 unspecified atom stereocenters. The Balaban J connectivity index is 3.58. The minimum atomic E-state index is -1.28. The van der Waals surface area contributed by atoms with Crippen LogP contribution in [-0.4, -0.2) is 57.3 Å². The molecule has 5 N–H and O–H groups in total. The van der Waals surface area contributed by atoms with E-state index in [9.17, 15) is 25.2 Å². The molecule has 0 bridgehead atoms. The van der Waals surface area contributed by atoms with E-state index in [0.29, 0.717) is 12.8 Å². The predicted octanol–water partition coefficient (Wildman–Crippen LogP) is 15.7. The molecule has 6 heteroatoms. The summed E-state index contributed by atoms with van der Waals surface area (Å²) in [5.74, 6) is -0.587. The number of carbonyl (C=O) groups is 1. The van der Waals surface area contributed by atoms with E-state index in [1.54, 1.807) is 0 Å². The molecule has 364 valence electrons. The Kier molecular flexibility index (Phi) is 49.3. The van der Waals surface area contributed by atoms with Gasteiger partial charge < -0.3 is 25.7 Å². The maximum absolute atomic E-state index is 12.6. The van der Waals surface area contributed by atoms with Crippen LogP contribution in [0, 0.1) is 0 Å². The van der Waals surface area contributed by atoms with Gasteiger partial charge in [0.2, 0.25) is 5.91 Å². The monoisotopic (exact) mass is 864 g/mol. The first-order chi connectivity index (χ1) is 30.0. The van der Waals surface area contributed by atoms with Crippen LogP contribution in [0.5, 0.6) is 0 Å². The molecule has 0 fully saturated rings. The van der Waals surface area contributed by atoms with Crippen molar-refractivity contribution < 1.29 is 25.2 Å². The number of aliphatic hydroxyl groups is 4. The van der Waals surface area contributed by atoms with Crippen molar-refractivity contribution in [1.29, 1.82) is 0 Å². The van der Waals surface area contributed by atoms with Crippen molar-refractivity contribution in [3.8, 4) is 0 Å². The second-order valence-corrected chi connectivity index (χ2v) is 19.3. The Hall–Kier alpha value is -0.950. The summed E-state index contributed by atoms with van der Waals surface area (Å²) in [6, 6.07) is -0.998. The number of carbonyl (C=O) groups excluding carboxylic acids is 1. The lowest BCUT2D eigenvalue weighted by atomic mass is 10.00. The highest BCUT2D eigenvalue weighted by Gasteiger charge is 2.28. The molecular formula is C55H109NO5. The lowest BCUT2D eigenvalue weighted by molar-refractivity contribution is -0.132. The molecule has 0 aromatic carbocycles. The van der Waals surface area contributed by atoms with Crippen LogP contribution in [0.25, 0.3) is 0 Å². The summed E-state index contributed by atoms with van der Waals surface area (Å²) in [6.07, 6.45) is 58.6. The molecule has 0 aliphatic carbocycles. The zero-order chi connectivity index (χ0) is 44.5. The molecule has 0 aromatic heterocycles. The quantitative estimate of drug-likeness (QED) is 0.0309. The van der Waals surface area contributed by atoms with Gasteiger partial charge in [-0.15, -0.1) is 0 Å². The maximum Gasteiger partial charge on any atom is 0.249 e. The highest BCUT2D eigenvalue weighted by molar-refractivity contribution is 5.80. The van der Waals surface area contributed by atoms with E-state index in [1.165, 1.54) is 238 Å². The maximum atomic E-state index is 12.6. The van der Waals surface area contributed by atoms with Crippen molar-refractivity contribution in [3.05, 3.63) is 12.2 Å². The fourth-order valence-corrected chi connectivity index (χ4v) is 8.88. The fraction of sp³-hybridized carbons (Fsp3) is 0.945. The summed E-state index contributed by atoms with van der Waals surface area (Å²) in [5, 5.41) is 43.9. The largest absolute Gasteiger partial charge is 0.394 e. The van der Waals surface area contributed by atoms with Gasteiger partial charge in [-0.25, -0.2) is 0 Å². The van der Waals surface area contributed by atoms with Crippen molar-refractivity contribution in [2.75, 3.05) is 6.61 Å². The molecule has 4 atom stereocenters. The van der Waals surface area contributed by atoms with Gasteiger partial charge in [-0.05, 0) is 38.5 Å². The number of rotatable bonds is 51. The summed E-state index contributed by atoms with van der Waals surface area (Å²) in [7, 11) is 0. The average Bonchev–Trinajstić information content (AvgIpc) is 3.26. The molecule has 0 aromatic rings. The Morgan fingerprint density at radius 3 is 0.984 bits per heavy atom. The molecule has 0 radical (unpaired) electrons. The van der Waals surface area contributed by atoms with Crippen LogP contribution in [0.15, 0.2) is 12.2 Å². The molecule has 6 nitrogen and oxygen atoms in total. The number of allylic oxidation sites excluding steroid dienone is 2. The normalized spacial score (nSPS) is 13.9. The fourth-order valence-electron chi connectivity index (χ4n) is 8.88. The lowest BCUT2D eigenvalue weighted by Gasteiger charge is -2.27. The van der Waals surface area contributed by atoms with Crippen LogP contribution in [0.3, 0.4) is 0 Å². The summed E-state index contributed by atoms with van der Waals surface area (Å²) in [5.41, 5.74) is 0. The molecule has 0 saturated heterocycles. The van der Waals surface area contributed by atoms with Crippen molar-refractivity contribution in [3.63, 3.8) is 0 Å². The van der Waals surface area contributed by atoms with Crippen molar-refractivity contribution >= 4 is 5.91 Å². The summed E-state index contributed by atoms with van der Waals surface area (Å²) >= 11 is 0. The van der Waals surface area contributed by atoms with Gasteiger partial charge in [0.15, 0.2) is 0 Å². The van der Waals surface area contributed by atoms with Crippen LogP contribution in [-0.2, 0) is 4.79 Å². The Labute approximate surface area is 381 Å². The molecule has 0 spiro atoms. The van der Waals surface area contributed by atoms with Crippen molar-refractivity contribution in [1.82, 2.24) is 5.32 Å². The van der Waals surface area contributed by atoms with E-state index in [-0.39, 0.29) is 0 Å². The van der Waals surface area contributed by atoms with Gasteiger partial charge in [0, 0.05) is 0 Å². The molecule has 61 heavy (non-hydrogen) atoms. The van der Waals surface area contributed by atoms with Crippen LogP contribution in [0.4, 0.5) is 0 Å². The van der Waals surface area contributed by atoms with Crippen LogP contribution < -0.4 is 5.32 Å². The first kappa shape index (κ1) is 60.1. The number of hydrogen-bond donors (Lipinski definition) is 5. The summed E-state index contributed by atoms with van der Waals surface area (Å²) in [4.78, 5) is 12.6. The molecule has 0 aliphatic heterocycles. The number of hydrogen-bond acceptors (Lipinski definition) is 5. The molecule has 0 saturated carbocycles. The van der Waals surface area contributed by atoms with Gasteiger partial charge in [0.25, 0.3) is 0 Å². The Bertz CT molecular complexity index is 882. The minimum absolute atomic E-state index is 0.369. The van der Waals surface area contributed by atoms with Gasteiger partial charge in [0.05, 0.1) is 18.8 Å². The minimum Gasteiger partial charge on any atom is -0.394 e. The third-order valence-corrected chi connectivity index (χ3v) is 13.2. The van der Waals surface area contributed by atoms with Crippen molar-refractivity contribution in [2.24, 2.45) is 0 Å². The van der Waals surface area contributed by atoms with E-state index in [2.05, 4.69) is 31.3 Å². The third kappa shape index (κ3) is 44.1. The summed E-state index contributed by atoms with van der Waals surface area (Å²) < 4.78 is 0. The second kappa shape index (κ2) is 50.1. The molecule has 0 rings (SSSR count). The lowest BCUT2D eigenvalue weighted by Crippen LogP contribution is -2.53. The van der Waals surface area contributed by atoms with Crippen LogP contribution in [0.1, 0.15) is 303 Å². The molecule has 0 aliphatic rings. The molecule has 0 heterocycles. The Morgan fingerprint density at radius 2 is 0.672 bits per heavy atom. The van der Waals surface area contributed by atoms with Gasteiger partial charge in [-0.1, -0.05) is 276 Å². The molecular weight excluding hydrogens is 755 g/mol. The number of aliphatic hydroxyl groups excluding tert-OH is 4. The van der Waals surface area contributed by atoms with Crippen LogP contribution >= 0.6 is 0 Å². The zero-order valence-corrected chi connectivity index (χ0v) is 41.2. The number of nitrogens with one attached hydrogen (secondary N) is 1. The smallest absolute Gasteiger partial charge is 0.249 e. The van der Waals surface area contributed by atoms with E-state index in [4.69, 9.17) is 0 Å². The second-order valence-electron chi connectivity index (χ2n) is 19.3. The van der Waals surface area contributed by atoms with E-state index in [0.717, 1.165) is 38.5 Å². The van der Waals surface area contributed by atoms with Gasteiger partial charge in [-0.3, -0.25) is 4.79 Å². The summed E-state index contributed by atoms with van der Waals surface area (Å²) in [6.45, 7) is 4.07. The predicted molar refractivity (Wildman–Crippen MR) is 265 cm³/mol. The average molecular weight is 864 g/mol. The number of amides is 1. The van der Waals surface area contributed by atoms with Crippen LogP contribution in [0.2, 0.25) is 0 Å². The first-order valence-corrected chi connectivity index (χ1v) is 27.6. The van der Waals surface area contributed by atoms with E-state index in [1.807, 2.05) is 0 Å². The topological polar surface area (TPSA) is 110 Å². The van der Waals surface area contributed by atoms with Gasteiger partial charge in [-0.2, -0.15) is 0 Å². The standard InChI is InChI=1S/C55H109NO5/c1-3-5-7-9-11-13-15-17-19-21-22-23-24-25-26-27-28-29-30-31-32-33-35-37-39-41-43-45-47-49-53(59)55(61)56-51(50-57)54(60)52(58)48-46-44-42-40-38-36-34-20-18-16-14-12-10-8-6-4-2/h40,42,51-54,57-60H,3-39,41,43-50H2,1-2H3,(H,56,61)/b42-40+. The number of unbranched alkanes of at least 4 members (excludes halogenated alkanes) is 40. The third-order valence-electron chi connectivity index (χ3n) is 13.2.